The number of nitrogens with one attached hydrogen (secondary N) is 1. The van der Waals surface area contributed by atoms with Crippen molar-refractivity contribution in [3.8, 4) is 0 Å². The van der Waals surface area contributed by atoms with Crippen molar-refractivity contribution in [2.24, 2.45) is 5.84 Å². The molecule has 5 heteroatoms. The van der Waals surface area contributed by atoms with Gasteiger partial charge in [-0.2, -0.15) is 0 Å². The highest BCUT2D eigenvalue weighted by molar-refractivity contribution is 6.30. The van der Waals surface area contributed by atoms with Crippen molar-refractivity contribution in [2.45, 2.75) is 19.4 Å². The maximum Gasteiger partial charge on any atom is 0.130 e. The van der Waals surface area contributed by atoms with E-state index >= 15 is 0 Å². The first-order chi connectivity index (χ1) is 9.52. The summed E-state index contributed by atoms with van der Waals surface area (Å²) in [4.78, 5) is 0. The number of rotatable bonds is 4. The minimum Gasteiger partial charge on any atom is -0.271 e. The molecule has 1 atom stereocenters. The molecule has 0 aliphatic carbocycles. The lowest BCUT2D eigenvalue weighted by Crippen LogP contribution is -2.30. The van der Waals surface area contributed by atoms with E-state index in [0.29, 0.717) is 21.7 Å². The molecule has 0 saturated heterocycles. The van der Waals surface area contributed by atoms with E-state index in [2.05, 4.69) is 5.43 Å². The normalized spacial score (nSPS) is 12.4. The Bertz CT molecular complexity index is 617. The second kappa shape index (κ2) is 6.31. The van der Waals surface area contributed by atoms with Crippen LogP contribution in [0.3, 0.4) is 0 Å². The van der Waals surface area contributed by atoms with E-state index in [4.69, 9.17) is 17.4 Å². The minimum absolute atomic E-state index is 0.212. The minimum atomic E-state index is -0.525. The highest BCUT2D eigenvalue weighted by atomic mass is 35.5. The maximum atomic E-state index is 14.1. The summed E-state index contributed by atoms with van der Waals surface area (Å²) in [6.45, 7) is 1.67. The monoisotopic (exact) mass is 296 g/mol. The smallest absolute Gasteiger partial charge is 0.130 e. The Balaban J connectivity index is 2.34. The van der Waals surface area contributed by atoms with Crippen molar-refractivity contribution < 1.29 is 8.78 Å². The van der Waals surface area contributed by atoms with Gasteiger partial charge in [-0.3, -0.25) is 11.3 Å². The van der Waals surface area contributed by atoms with Gasteiger partial charge in [0.2, 0.25) is 0 Å². The highest BCUT2D eigenvalue weighted by Gasteiger charge is 2.18. The van der Waals surface area contributed by atoms with Crippen LogP contribution in [0, 0.1) is 18.6 Å². The Labute approximate surface area is 121 Å². The summed E-state index contributed by atoms with van der Waals surface area (Å²) in [6.07, 6.45) is 0.212. The third-order valence-electron chi connectivity index (χ3n) is 3.23. The number of hydrogen-bond acceptors (Lipinski definition) is 2. The molecular weight excluding hydrogens is 282 g/mol. The lowest BCUT2D eigenvalue weighted by molar-refractivity contribution is 0.496. The third kappa shape index (κ3) is 3.15. The van der Waals surface area contributed by atoms with Crippen molar-refractivity contribution in [1.82, 2.24) is 5.43 Å². The van der Waals surface area contributed by atoms with Crippen LogP contribution in [0.25, 0.3) is 0 Å². The molecule has 0 aliphatic rings. The Kier molecular flexibility index (Phi) is 4.70. The van der Waals surface area contributed by atoms with Gasteiger partial charge in [0.15, 0.2) is 0 Å². The standard InChI is InChI=1S/C15H15ClF2N2/c1-9-3-2-4-12(15(9)18)14(20-19)8-10-7-11(16)5-6-13(10)17/h2-7,14,20H,8,19H2,1H3. The van der Waals surface area contributed by atoms with Gasteiger partial charge < -0.3 is 0 Å². The lowest BCUT2D eigenvalue weighted by Gasteiger charge is -2.18. The zero-order valence-corrected chi connectivity index (χ0v) is 11.7. The Morgan fingerprint density at radius 2 is 2.00 bits per heavy atom. The molecule has 2 aromatic rings. The number of nitrogens with two attached hydrogens (primary N) is 1. The van der Waals surface area contributed by atoms with Crippen LogP contribution in [0.1, 0.15) is 22.7 Å². The van der Waals surface area contributed by atoms with Gasteiger partial charge in [-0.1, -0.05) is 29.8 Å². The number of benzene rings is 2. The summed E-state index contributed by atoms with van der Waals surface area (Å²) >= 11 is 5.85. The highest BCUT2D eigenvalue weighted by Crippen LogP contribution is 2.25. The predicted octanol–water partition coefficient (Wildman–Crippen LogP) is 3.67. The van der Waals surface area contributed by atoms with E-state index < -0.39 is 6.04 Å². The van der Waals surface area contributed by atoms with Gasteiger partial charge in [-0.15, -0.1) is 0 Å². The first kappa shape index (κ1) is 14.9. The number of hydrazine groups is 1. The van der Waals surface area contributed by atoms with E-state index in [0.717, 1.165) is 0 Å². The molecule has 0 heterocycles. The molecule has 0 bridgehead atoms. The van der Waals surface area contributed by atoms with E-state index in [1.54, 1.807) is 25.1 Å². The fourth-order valence-electron chi connectivity index (χ4n) is 2.12. The SMILES string of the molecule is Cc1cccc(C(Cc2cc(Cl)ccc2F)NN)c1F. The van der Waals surface area contributed by atoms with Gasteiger partial charge in [0.25, 0.3) is 0 Å². The van der Waals surface area contributed by atoms with Crippen molar-refractivity contribution in [3.05, 3.63) is 69.7 Å². The van der Waals surface area contributed by atoms with Crippen molar-refractivity contribution in [3.63, 3.8) is 0 Å². The molecule has 2 rings (SSSR count). The molecule has 0 saturated carbocycles. The summed E-state index contributed by atoms with van der Waals surface area (Å²) in [5.41, 5.74) is 3.85. The number of halogens is 3. The van der Waals surface area contributed by atoms with E-state index in [1.807, 2.05) is 0 Å². The average Bonchev–Trinajstić information content (AvgIpc) is 2.43. The van der Waals surface area contributed by atoms with Crippen LogP contribution in [0.5, 0.6) is 0 Å². The van der Waals surface area contributed by atoms with Crippen molar-refractivity contribution in [1.29, 1.82) is 0 Å². The van der Waals surface area contributed by atoms with Crippen LogP contribution < -0.4 is 11.3 Å². The van der Waals surface area contributed by atoms with Gasteiger partial charge in [-0.05, 0) is 42.7 Å². The zero-order valence-electron chi connectivity index (χ0n) is 11.0. The molecule has 3 N–H and O–H groups in total. The molecule has 2 aromatic carbocycles. The van der Waals surface area contributed by atoms with Crippen LogP contribution in [-0.4, -0.2) is 0 Å². The molecule has 2 nitrogen and oxygen atoms in total. The van der Waals surface area contributed by atoms with Gasteiger partial charge in [0.1, 0.15) is 11.6 Å². The number of hydrogen-bond donors (Lipinski definition) is 2. The van der Waals surface area contributed by atoms with Crippen molar-refractivity contribution >= 4 is 11.6 Å². The second-order valence-electron chi connectivity index (χ2n) is 4.64. The Morgan fingerprint density at radius 3 is 2.70 bits per heavy atom. The molecule has 0 spiro atoms. The molecule has 106 valence electrons. The largest absolute Gasteiger partial charge is 0.271 e. The lowest BCUT2D eigenvalue weighted by atomic mass is 9.97. The molecule has 0 aromatic heterocycles. The predicted molar refractivity (Wildman–Crippen MR) is 76.3 cm³/mol. The number of aryl methyl sites for hydroxylation is 1. The molecule has 20 heavy (non-hydrogen) atoms. The topological polar surface area (TPSA) is 38.0 Å². The molecule has 1 unspecified atom stereocenters. The molecule has 0 aliphatic heterocycles. The van der Waals surface area contributed by atoms with Crippen LogP contribution in [0.4, 0.5) is 8.78 Å². The van der Waals surface area contributed by atoms with Gasteiger partial charge >= 0.3 is 0 Å². The average molecular weight is 297 g/mol. The second-order valence-corrected chi connectivity index (χ2v) is 5.07. The molecule has 0 fully saturated rings. The zero-order chi connectivity index (χ0) is 14.7. The van der Waals surface area contributed by atoms with Crippen LogP contribution >= 0.6 is 11.6 Å². The summed E-state index contributed by atoms with van der Waals surface area (Å²) in [6, 6.07) is 8.81. The fourth-order valence-corrected chi connectivity index (χ4v) is 2.31. The summed E-state index contributed by atoms with van der Waals surface area (Å²) in [7, 11) is 0. The van der Waals surface area contributed by atoms with Gasteiger partial charge in [-0.25, -0.2) is 8.78 Å². The van der Waals surface area contributed by atoms with Gasteiger partial charge in [0.05, 0.1) is 6.04 Å². The first-order valence-electron chi connectivity index (χ1n) is 6.18. The summed E-state index contributed by atoms with van der Waals surface area (Å²) in [5.74, 6) is 4.77. The Morgan fingerprint density at radius 1 is 1.25 bits per heavy atom. The fraction of sp³-hybridized carbons (Fsp3) is 0.200. The van der Waals surface area contributed by atoms with E-state index in [1.165, 1.54) is 18.2 Å². The van der Waals surface area contributed by atoms with Gasteiger partial charge in [0, 0.05) is 10.6 Å². The van der Waals surface area contributed by atoms with Crippen LogP contribution in [0.15, 0.2) is 36.4 Å². The quantitative estimate of drug-likeness (QED) is 0.667. The summed E-state index contributed by atoms with van der Waals surface area (Å²) < 4.78 is 27.8. The molecule has 0 radical (unpaired) electrons. The van der Waals surface area contributed by atoms with Crippen molar-refractivity contribution in [2.75, 3.05) is 0 Å². The molecule has 0 amide bonds. The van der Waals surface area contributed by atoms with E-state index in [9.17, 15) is 8.78 Å². The Hall–Kier alpha value is -1.49. The van der Waals surface area contributed by atoms with Crippen LogP contribution in [-0.2, 0) is 6.42 Å². The van der Waals surface area contributed by atoms with Crippen LogP contribution in [0.2, 0.25) is 5.02 Å². The maximum absolute atomic E-state index is 14.1. The third-order valence-corrected chi connectivity index (χ3v) is 3.47. The molecular formula is C15H15ClF2N2. The summed E-state index contributed by atoms with van der Waals surface area (Å²) in [5, 5.41) is 0.432. The van der Waals surface area contributed by atoms with E-state index in [-0.39, 0.29) is 18.1 Å². The first-order valence-corrected chi connectivity index (χ1v) is 6.55.